The fraction of sp³-hybridized carbons (Fsp3) is 0.111. The van der Waals surface area contributed by atoms with Gasteiger partial charge in [0.2, 0.25) is 0 Å². The first-order chi connectivity index (χ1) is 11.2. The number of rotatable bonds is 2. The lowest BCUT2D eigenvalue weighted by atomic mass is 10.2. The highest BCUT2D eigenvalue weighted by molar-refractivity contribution is 5.84. The van der Waals surface area contributed by atoms with Gasteiger partial charge in [0, 0.05) is 11.6 Å². The minimum atomic E-state index is 0.586. The Balaban J connectivity index is 1.91. The van der Waals surface area contributed by atoms with Gasteiger partial charge in [0.25, 0.3) is 0 Å². The molecule has 0 spiro atoms. The molecule has 0 aliphatic carbocycles. The fourth-order valence-electron chi connectivity index (χ4n) is 2.74. The van der Waals surface area contributed by atoms with Crippen molar-refractivity contribution in [3.8, 4) is 23.3 Å². The Morgan fingerprint density at radius 2 is 2.09 bits per heavy atom. The Morgan fingerprint density at radius 1 is 1.22 bits per heavy atom. The summed E-state index contributed by atoms with van der Waals surface area (Å²) >= 11 is 0. The second kappa shape index (κ2) is 4.89. The maximum absolute atomic E-state index is 9.02. The highest BCUT2D eigenvalue weighted by Gasteiger charge is 2.15. The zero-order chi connectivity index (χ0) is 16.0. The van der Waals surface area contributed by atoms with Crippen molar-refractivity contribution in [1.82, 2.24) is 9.38 Å². The van der Waals surface area contributed by atoms with E-state index in [4.69, 9.17) is 14.4 Å². The summed E-state index contributed by atoms with van der Waals surface area (Å²) in [5.41, 5.74) is 3.85. The Labute approximate surface area is 132 Å². The molecule has 0 saturated heterocycles. The molecule has 0 bridgehead atoms. The number of imidazole rings is 1. The molecule has 0 radical (unpaired) electrons. The van der Waals surface area contributed by atoms with Crippen molar-refractivity contribution < 1.29 is 9.15 Å². The molecule has 4 rings (SSSR count). The van der Waals surface area contributed by atoms with Crippen molar-refractivity contribution in [2.75, 3.05) is 7.11 Å². The molecule has 0 saturated carbocycles. The van der Waals surface area contributed by atoms with E-state index in [0.717, 1.165) is 33.8 Å². The van der Waals surface area contributed by atoms with Crippen LogP contribution < -0.4 is 4.74 Å². The molecule has 0 atom stereocenters. The smallest absolute Gasteiger partial charge is 0.155 e. The van der Waals surface area contributed by atoms with Crippen LogP contribution in [0.5, 0.6) is 5.75 Å². The van der Waals surface area contributed by atoms with Crippen LogP contribution >= 0.6 is 0 Å². The number of nitriles is 1. The predicted octanol–water partition coefficient (Wildman–Crippen LogP) is 3.94. The summed E-state index contributed by atoms with van der Waals surface area (Å²) in [4.78, 5) is 4.62. The summed E-state index contributed by atoms with van der Waals surface area (Å²) in [6, 6.07) is 13.3. The second-order valence-electron chi connectivity index (χ2n) is 5.32. The van der Waals surface area contributed by atoms with E-state index in [1.54, 1.807) is 19.2 Å². The first-order valence-corrected chi connectivity index (χ1v) is 7.16. The number of aromatic nitrogens is 2. The minimum Gasteiger partial charge on any atom is -0.497 e. The van der Waals surface area contributed by atoms with Crippen LogP contribution in [0.25, 0.3) is 28.1 Å². The molecule has 0 aliphatic rings. The van der Waals surface area contributed by atoms with Crippen LogP contribution in [0.4, 0.5) is 0 Å². The van der Waals surface area contributed by atoms with E-state index in [1.165, 1.54) is 0 Å². The summed E-state index contributed by atoms with van der Waals surface area (Å²) < 4.78 is 13.1. The Kier molecular flexibility index (Phi) is 2.85. The Bertz CT molecular complexity index is 1080. The van der Waals surface area contributed by atoms with Gasteiger partial charge in [-0.3, -0.25) is 0 Å². The first-order valence-electron chi connectivity index (χ1n) is 7.16. The van der Waals surface area contributed by atoms with Gasteiger partial charge in [-0.2, -0.15) is 5.26 Å². The molecule has 4 aromatic rings. The van der Waals surface area contributed by atoms with E-state index in [-0.39, 0.29) is 0 Å². The van der Waals surface area contributed by atoms with E-state index < -0.39 is 0 Å². The topological polar surface area (TPSA) is 63.5 Å². The second-order valence-corrected chi connectivity index (χ2v) is 5.32. The summed E-state index contributed by atoms with van der Waals surface area (Å²) in [5, 5.41) is 9.98. The predicted molar refractivity (Wildman–Crippen MR) is 86.4 cm³/mol. The van der Waals surface area contributed by atoms with Crippen molar-refractivity contribution in [1.29, 1.82) is 5.26 Å². The lowest BCUT2D eigenvalue weighted by Crippen LogP contribution is -1.87. The third-order valence-electron chi connectivity index (χ3n) is 3.95. The number of pyridine rings is 1. The highest BCUT2D eigenvalue weighted by Crippen LogP contribution is 2.31. The maximum atomic E-state index is 9.02. The quantitative estimate of drug-likeness (QED) is 0.562. The lowest BCUT2D eigenvalue weighted by molar-refractivity contribution is 0.415. The number of hydrogen-bond donors (Lipinski definition) is 0. The molecule has 0 N–H and O–H groups in total. The van der Waals surface area contributed by atoms with Gasteiger partial charge in [-0.1, -0.05) is 0 Å². The number of ether oxygens (including phenoxy) is 1. The standard InChI is InChI=1S/C18H13N3O2/c1-11-18(20-17-7-12(10-19)5-6-21(11)17)16-9-13-8-14(22-2)3-4-15(13)23-16/h3-9H,1-2H3. The maximum Gasteiger partial charge on any atom is 0.155 e. The molecule has 3 aromatic heterocycles. The Morgan fingerprint density at radius 3 is 2.87 bits per heavy atom. The molecule has 3 heterocycles. The molecule has 112 valence electrons. The number of aryl methyl sites for hydroxylation is 1. The van der Waals surface area contributed by atoms with Crippen LogP contribution in [0.2, 0.25) is 0 Å². The van der Waals surface area contributed by atoms with Crippen LogP contribution in [0.15, 0.2) is 47.0 Å². The number of hydrogen-bond acceptors (Lipinski definition) is 4. The van der Waals surface area contributed by atoms with Crippen LogP contribution in [-0.4, -0.2) is 16.5 Å². The van der Waals surface area contributed by atoms with Gasteiger partial charge in [-0.25, -0.2) is 4.98 Å². The monoisotopic (exact) mass is 303 g/mol. The number of nitrogens with zero attached hydrogens (tertiary/aromatic N) is 3. The number of benzene rings is 1. The van der Waals surface area contributed by atoms with Crippen molar-refractivity contribution in [2.24, 2.45) is 0 Å². The number of furan rings is 1. The largest absolute Gasteiger partial charge is 0.497 e. The summed E-state index contributed by atoms with van der Waals surface area (Å²) in [6.45, 7) is 1.98. The third kappa shape index (κ3) is 2.04. The zero-order valence-electron chi connectivity index (χ0n) is 12.7. The van der Waals surface area contributed by atoms with Crippen molar-refractivity contribution in [2.45, 2.75) is 6.92 Å². The van der Waals surface area contributed by atoms with Crippen LogP contribution in [0.1, 0.15) is 11.3 Å². The molecule has 5 heteroatoms. The normalized spacial score (nSPS) is 11.0. The molecule has 5 nitrogen and oxygen atoms in total. The van der Waals surface area contributed by atoms with Gasteiger partial charge in [-0.05, 0) is 43.3 Å². The van der Waals surface area contributed by atoms with Gasteiger partial charge in [0.1, 0.15) is 22.7 Å². The number of fused-ring (bicyclic) bond motifs is 2. The molecular formula is C18H13N3O2. The molecule has 23 heavy (non-hydrogen) atoms. The molecule has 0 fully saturated rings. The van der Waals surface area contributed by atoms with Crippen molar-refractivity contribution in [3.63, 3.8) is 0 Å². The fourth-order valence-corrected chi connectivity index (χ4v) is 2.74. The lowest BCUT2D eigenvalue weighted by Gasteiger charge is -1.96. The van der Waals surface area contributed by atoms with E-state index in [2.05, 4.69) is 11.1 Å². The van der Waals surface area contributed by atoms with Crippen LogP contribution in [-0.2, 0) is 0 Å². The number of methoxy groups -OCH3 is 1. The van der Waals surface area contributed by atoms with E-state index in [0.29, 0.717) is 11.3 Å². The molecule has 1 aromatic carbocycles. The molecule has 0 unspecified atom stereocenters. The van der Waals surface area contributed by atoms with Gasteiger partial charge < -0.3 is 13.6 Å². The first kappa shape index (κ1) is 13.4. The zero-order valence-corrected chi connectivity index (χ0v) is 12.7. The molecular weight excluding hydrogens is 290 g/mol. The van der Waals surface area contributed by atoms with E-state index in [9.17, 15) is 0 Å². The SMILES string of the molecule is COc1ccc2oc(-c3nc4cc(C#N)ccn4c3C)cc2c1. The summed E-state index contributed by atoms with van der Waals surface area (Å²) in [6.07, 6.45) is 1.85. The average molecular weight is 303 g/mol. The average Bonchev–Trinajstić information content (AvgIpc) is 3.14. The van der Waals surface area contributed by atoms with Gasteiger partial charge in [0.15, 0.2) is 5.76 Å². The van der Waals surface area contributed by atoms with Gasteiger partial charge in [0.05, 0.1) is 24.4 Å². The Hall–Kier alpha value is -3.26. The van der Waals surface area contributed by atoms with E-state index in [1.807, 2.05) is 41.8 Å². The minimum absolute atomic E-state index is 0.586. The van der Waals surface area contributed by atoms with Crippen molar-refractivity contribution in [3.05, 3.63) is 53.9 Å². The van der Waals surface area contributed by atoms with Gasteiger partial charge >= 0.3 is 0 Å². The van der Waals surface area contributed by atoms with Crippen LogP contribution in [0, 0.1) is 18.3 Å². The molecule has 0 amide bonds. The summed E-state index contributed by atoms with van der Waals surface area (Å²) in [5.74, 6) is 1.49. The third-order valence-corrected chi connectivity index (χ3v) is 3.95. The highest BCUT2D eigenvalue weighted by atomic mass is 16.5. The van der Waals surface area contributed by atoms with Crippen molar-refractivity contribution >= 4 is 16.6 Å². The van der Waals surface area contributed by atoms with E-state index >= 15 is 0 Å². The van der Waals surface area contributed by atoms with Crippen LogP contribution in [0.3, 0.4) is 0 Å². The van der Waals surface area contributed by atoms with Gasteiger partial charge in [-0.15, -0.1) is 0 Å². The molecule has 0 aliphatic heterocycles. The summed E-state index contributed by atoms with van der Waals surface area (Å²) in [7, 11) is 1.64.